The minimum absolute atomic E-state index is 0.00483. The second kappa shape index (κ2) is 5.13. The van der Waals surface area contributed by atoms with Gasteiger partial charge in [0, 0.05) is 31.9 Å². The zero-order chi connectivity index (χ0) is 14.2. The van der Waals surface area contributed by atoms with Gasteiger partial charge in [-0.15, -0.1) is 11.3 Å². The fourth-order valence-corrected chi connectivity index (χ4v) is 2.86. The summed E-state index contributed by atoms with van der Waals surface area (Å²) >= 11 is 1.53. The fraction of sp³-hybridized carbons (Fsp3) is 0.462. The molecule has 5 nitrogen and oxygen atoms in total. The Morgan fingerprint density at radius 3 is 2.74 bits per heavy atom. The highest BCUT2D eigenvalue weighted by Crippen LogP contribution is 2.25. The molecule has 2 heterocycles. The van der Waals surface area contributed by atoms with Crippen LogP contribution in [-0.4, -0.2) is 34.5 Å². The first kappa shape index (κ1) is 13.7. The number of nitrogens with zero attached hydrogens (tertiary/aromatic N) is 3. The van der Waals surface area contributed by atoms with Crippen LogP contribution >= 0.6 is 11.3 Å². The Labute approximate surface area is 115 Å². The monoisotopic (exact) mass is 279 g/mol. The third kappa shape index (κ3) is 2.53. The first-order chi connectivity index (χ1) is 8.91. The van der Waals surface area contributed by atoms with Crippen LogP contribution in [0.2, 0.25) is 0 Å². The second-order valence-electron chi connectivity index (χ2n) is 4.74. The summed E-state index contributed by atoms with van der Waals surface area (Å²) in [6.07, 6.45) is 1.84. The molecule has 0 radical (unpaired) electrons. The molecule has 0 spiro atoms. The van der Waals surface area contributed by atoms with Crippen molar-refractivity contribution in [2.75, 3.05) is 14.1 Å². The normalized spacial score (nSPS) is 10.9. The lowest BCUT2D eigenvalue weighted by Crippen LogP contribution is -2.26. The average Bonchev–Trinajstić information content (AvgIpc) is 2.64. The van der Waals surface area contributed by atoms with E-state index in [1.165, 1.54) is 27.1 Å². The molecule has 0 aliphatic rings. The number of hydrogen-bond acceptors (Lipinski definition) is 4. The Bertz CT molecular complexity index is 685. The van der Waals surface area contributed by atoms with Gasteiger partial charge in [-0.05, 0) is 19.4 Å². The largest absolute Gasteiger partial charge is 0.349 e. The maximum atomic E-state index is 12.3. The lowest BCUT2D eigenvalue weighted by molar-refractivity contribution is -0.128. The lowest BCUT2D eigenvalue weighted by atomic mass is 10.2. The molecule has 0 saturated carbocycles. The van der Waals surface area contributed by atoms with Crippen LogP contribution in [0.3, 0.4) is 0 Å². The van der Waals surface area contributed by atoms with Crippen molar-refractivity contribution in [3.8, 4) is 0 Å². The van der Waals surface area contributed by atoms with Crippen molar-refractivity contribution in [2.45, 2.75) is 26.8 Å². The average molecular weight is 279 g/mol. The standard InChI is InChI=1S/C13H17N3O2S/c1-8-9(2)19-12-11(8)13(18)16(7-14-12)6-5-10(17)15(3)4/h7H,5-6H2,1-4H3. The van der Waals surface area contributed by atoms with Crippen LogP contribution in [0, 0.1) is 13.8 Å². The van der Waals surface area contributed by atoms with Crippen molar-refractivity contribution in [1.82, 2.24) is 14.5 Å². The van der Waals surface area contributed by atoms with E-state index in [2.05, 4.69) is 4.98 Å². The zero-order valence-electron chi connectivity index (χ0n) is 11.6. The summed E-state index contributed by atoms with van der Waals surface area (Å²) in [6.45, 7) is 4.29. The van der Waals surface area contributed by atoms with E-state index in [1.54, 1.807) is 14.1 Å². The van der Waals surface area contributed by atoms with Crippen molar-refractivity contribution in [3.05, 3.63) is 27.1 Å². The number of rotatable bonds is 3. The molecule has 0 fully saturated rings. The molecule has 1 amide bonds. The smallest absolute Gasteiger partial charge is 0.262 e. The van der Waals surface area contributed by atoms with E-state index >= 15 is 0 Å². The van der Waals surface area contributed by atoms with Gasteiger partial charge in [-0.2, -0.15) is 0 Å². The zero-order valence-corrected chi connectivity index (χ0v) is 12.4. The maximum Gasteiger partial charge on any atom is 0.262 e. The van der Waals surface area contributed by atoms with E-state index in [9.17, 15) is 9.59 Å². The molecule has 6 heteroatoms. The second-order valence-corrected chi connectivity index (χ2v) is 5.95. The van der Waals surface area contributed by atoms with Gasteiger partial charge in [0.15, 0.2) is 0 Å². The van der Waals surface area contributed by atoms with Gasteiger partial charge in [-0.3, -0.25) is 14.2 Å². The highest BCUT2D eigenvalue weighted by Gasteiger charge is 2.12. The summed E-state index contributed by atoms with van der Waals surface area (Å²) in [5.41, 5.74) is 0.934. The molecule has 0 bridgehead atoms. The molecule has 2 aromatic heterocycles. The Hall–Kier alpha value is -1.69. The molecule has 0 N–H and O–H groups in total. The van der Waals surface area contributed by atoms with Gasteiger partial charge in [0.2, 0.25) is 5.91 Å². The van der Waals surface area contributed by atoms with E-state index in [0.717, 1.165) is 15.3 Å². The van der Waals surface area contributed by atoms with Gasteiger partial charge in [-0.1, -0.05) is 0 Å². The summed E-state index contributed by atoms with van der Waals surface area (Å²) in [6, 6.07) is 0. The summed E-state index contributed by atoms with van der Waals surface area (Å²) in [5.74, 6) is 0.00483. The predicted molar refractivity (Wildman–Crippen MR) is 76.7 cm³/mol. The van der Waals surface area contributed by atoms with Crippen LogP contribution in [-0.2, 0) is 11.3 Å². The molecular weight excluding hydrogens is 262 g/mol. The van der Waals surface area contributed by atoms with E-state index in [-0.39, 0.29) is 11.5 Å². The molecular formula is C13H17N3O2S. The third-order valence-electron chi connectivity index (χ3n) is 3.22. The topological polar surface area (TPSA) is 55.2 Å². The Morgan fingerprint density at radius 2 is 2.11 bits per heavy atom. The van der Waals surface area contributed by atoms with Crippen molar-refractivity contribution < 1.29 is 4.79 Å². The van der Waals surface area contributed by atoms with E-state index < -0.39 is 0 Å². The van der Waals surface area contributed by atoms with Crippen LogP contribution in [0.25, 0.3) is 10.2 Å². The minimum Gasteiger partial charge on any atom is -0.349 e. The summed E-state index contributed by atoms with van der Waals surface area (Å²) in [5, 5.41) is 0.683. The number of amides is 1. The van der Waals surface area contributed by atoms with Crippen LogP contribution < -0.4 is 5.56 Å². The molecule has 2 aromatic rings. The van der Waals surface area contributed by atoms with Crippen LogP contribution in [0.5, 0.6) is 0 Å². The fourth-order valence-electron chi connectivity index (χ4n) is 1.87. The van der Waals surface area contributed by atoms with Crippen molar-refractivity contribution >= 4 is 27.5 Å². The van der Waals surface area contributed by atoms with Gasteiger partial charge >= 0.3 is 0 Å². The molecule has 19 heavy (non-hydrogen) atoms. The molecule has 102 valence electrons. The predicted octanol–water partition coefficient (Wildman–Crippen LogP) is 1.55. The molecule has 0 unspecified atom stereocenters. The Kier molecular flexibility index (Phi) is 3.71. The highest BCUT2D eigenvalue weighted by molar-refractivity contribution is 7.18. The summed E-state index contributed by atoms with van der Waals surface area (Å²) in [7, 11) is 3.41. The van der Waals surface area contributed by atoms with Gasteiger partial charge in [0.25, 0.3) is 5.56 Å². The first-order valence-electron chi connectivity index (χ1n) is 6.07. The molecule has 0 saturated heterocycles. The molecule has 2 rings (SSSR count). The maximum absolute atomic E-state index is 12.3. The minimum atomic E-state index is -0.0570. The van der Waals surface area contributed by atoms with Crippen LogP contribution in [0.1, 0.15) is 16.9 Å². The summed E-state index contributed by atoms with van der Waals surface area (Å²) in [4.78, 5) is 31.6. The molecule has 0 aliphatic heterocycles. The first-order valence-corrected chi connectivity index (χ1v) is 6.88. The van der Waals surface area contributed by atoms with Crippen molar-refractivity contribution in [1.29, 1.82) is 0 Å². The molecule has 0 aromatic carbocycles. The van der Waals surface area contributed by atoms with Gasteiger partial charge in [0.05, 0.1) is 11.7 Å². The number of hydrogen-bond donors (Lipinski definition) is 0. The molecule has 0 atom stereocenters. The Balaban J connectivity index is 2.35. The van der Waals surface area contributed by atoms with Crippen LogP contribution in [0.4, 0.5) is 0 Å². The van der Waals surface area contributed by atoms with Crippen LogP contribution in [0.15, 0.2) is 11.1 Å². The number of thiophene rings is 1. The quantitative estimate of drug-likeness (QED) is 0.856. The van der Waals surface area contributed by atoms with Gasteiger partial charge in [0.1, 0.15) is 4.83 Å². The Morgan fingerprint density at radius 1 is 1.42 bits per heavy atom. The third-order valence-corrected chi connectivity index (χ3v) is 4.34. The van der Waals surface area contributed by atoms with Gasteiger partial charge in [-0.25, -0.2) is 4.98 Å². The van der Waals surface area contributed by atoms with E-state index in [0.29, 0.717) is 18.4 Å². The number of carbonyl (C=O) groups excluding carboxylic acids is 1. The SMILES string of the molecule is Cc1sc2ncn(CCC(=O)N(C)C)c(=O)c2c1C. The van der Waals surface area contributed by atoms with E-state index in [1.807, 2.05) is 13.8 Å². The number of carbonyl (C=O) groups is 1. The van der Waals surface area contributed by atoms with E-state index in [4.69, 9.17) is 0 Å². The van der Waals surface area contributed by atoms with Crippen molar-refractivity contribution in [3.63, 3.8) is 0 Å². The summed E-state index contributed by atoms with van der Waals surface area (Å²) < 4.78 is 1.52. The molecule has 0 aliphatic carbocycles. The van der Waals surface area contributed by atoms with Crippen molar-refractivity contribution in [2.24, 2.45) is 0 Å². The number of aromatic nitrogens is 2. The number of aryl methyl sites for hydroxylation is 3. The van der Waals surface area contributed by atoms with Gasteiger partial charge < -0.3 is 4.90 Å². The number of fused-ring (bicyclic) bond motifs is 1. The highest BCUT2D eigenvalue weighted by atomic mass is 32.1. The lowest BCUT2D eigenvalue weighted by Gasteiger charge is -2.10.